The molecule has 0 saturated heterocycles. The molecular formula is C13H15F4NO2. The van der Waals surface area contributed by atoms with Crippen LogP contribution in [-0.4, -0.2) is 13.1 Å². The highest BCUT2D eigenvalue weighted by Gasteiger charge is 2.43. The van der Waals surface area contributed by atoms with E-state index in [2.05, 4.69) is 4.74 Å². The van der Waals surface area contributed by atoms with Gasteiger partial charge in [-0.3, -0.25) is 4.79 Å². The van der Waals surface area contributed by atoms with Crippen molar-refractivity contribution in [2.24, 2.45) is 11.1 Å². The Morgan fingerprint density at radius 2 is 1.85 bits per heavy atom. The largest absolute Gasteiger partial charge is 0.469 e. The number of alkyl halides is 3. The van der Waals surface area contributed by atoms with Crippen LogP contribution in [-0.2, 0) is 15.7 Å². The number of hydrogen-bond acceptors (Lipinski definition) is 3. The molecule has 0 amide bonds. The minimum Gasteiger partial charge on any atom is -0.469 e. The molecule has 7 heteroatoms. The van der Waals surface area contributed by atoms with Gasteiger partial charge in [0.15, 0.2) is 0 Å². The van der Waals surface area contributed by atoms with Crippen molar-refractivity contribution in [3.8, 4) is 0 Å². The van der Waals surface area contributed by atoms with E-state index < -0.39 is 40.5 Å². The normalized spacial score (nSPS) is 14.0. The number of esters is 1. The lowest BCUT2D eigenvalue weighted by Crippen LogP contribution is -2.39. The van der Waals surface area contributed by atoms with Crippen molar-refractivity contribution in [1.82, 2.24) is 0 Å². The molecule has 112 valence electrons. The molecule has 2 N–H and O–H groups in total. The topological polar surface area (TPSA) is 52.3 Å². The van der Waals surface area contributed by atoms with Crippen molar-refractivity contribution in [2.45, 2.75) is 26.1 Å². The second kappa shape index (κ2) is 5.40. The number of halogens is 4. The number of rotatable bonds is 3. The van der Waals surface area contributed by atoms with Gasteiger partial charge >= 0.3 is 12.1 Å². The highest BCUT2D eigenvalue weighted by atomic mass is 19.4. The lowest BCUT2D eigenvalue weighted by atomic mass is 9.79. The third-order valence-electron chi connectivity index (χ3n) is 3.16. The van der Waals surface area contributed by atoms with E-state index in [1.54, 1.807) is 0 Å². The molecule has 0 aliphatic heterocycles. The molecule has 0 aromatic heterocycles. The van der Waals surface area contributed by atoms with Crippen LogP contribution >= 0.6 is 0 Å². The molecule has 1 aromatic rings. The van der Waals surface area contributed by atoms with Crippen molar-refractivity contribution < 1.29 is 27.1 Å². The Kier molecular flexibility index (Phi) is 4.43. The summed E-state index contributed by atoms with van der Waals surface area (Å²) in [4.78, 5) is 11.6. The highest BCUT2D eigenvalue weighted by Crippen LogP contribution is 2.41. The fourth-order valence-electron chi connectivity index (χ4n) is 1.85. The number of benzene rings is 1. The first-order valence-corrected chi connectivity index (χ1v) is 5.73. The quantitative estimate of drug-likeness (QED) is 0.688. The van der Waals surface area contributed by atoms with Crippen molar-refractivity contribution in [2.75, 3.05) is 7.11 Å². The van der Waals surface area contributed by atoms with Crippen molar-refractivity contribution in [1.29, 1.82) is 0 Å². The summed E-state index contributed by atoms with van der Waals surface area (Å²) in [6.45, 7) is 2.60. The third kappa shape index (κ3) is 2.92. The minimum absolute atomic E-state index is 0.728. The lowest BCUT2D eigenvalue weighted by molar-refractivity contribution is -0.153. The molecule has 0 saturated carbocycles. The second-order valence-corrected chi connectivity index (χ2v) is 4.89. The average molecular weight is 293 g/mol. The molecule has 3 nitrogen and oxygen atoms in total. The second-order valence-electron chi connectivity index (χ2n) is 4.89. The van der Waals surface area contributed by atoms with E-state index >= 15 is 0 Å². The van der Waals surface area contributed by atoms with Crippen LogP contribution < -0.4 is 5.73 Å². The van der Waals surface area contributed by atoms with Crippen molar-refractivity contribution in [3.63, 3.8) is 0 Å². The first kappa shape index (κ1) is 16.4. The van der Waals surface area contributed by atoms with Gasteiger partial charge in [-0.25, -0.2) is 4.39 Å². The van der Waals surface area contributed by atoms with Crippen LogP contribution in [0.1, 0.15) is 31.0 Å². The Balaban J connectivity index is 3.43. The van der Waals surface area contributed by atoms with Crippen LogP contribution in [0.3, 0.4) is 0 Å². The van der Waals surface area contributed by atoms with E-state index in [0.29, 0.717) is 0 Å². The van der Waals surface area contributed by atoms with Gasteiger partial charge in [-0.1, -0.05) is 6.07 Å². The highest BCUT2D eigenvalue weighted by molar-refractivity contribution is 5.77. The number of methoxy groups -OCH3 is 1. The molecule has 0 heterocycles. The van der Waals surface area contributed by atoms with Crippen LogP contribution in [0.2, 0.25) is 0 Å². The maximum Gasteiger partial charge on any atom is 0.416 e. The van der Waals surface area contributed by atoms with Crippen LogP contribution in [0.4, 0.5) is 17.6 Å². The van der Waals surface area contributed by atoms with Gasteiger partial charge in [0.05, 0.1) is 18.1 Å². The van der Waals surface area contributed by atoms with Gasteiger partial charge in [-0.15, -0.1) is 0 Å². The van der Waals surface area contributed by atoms with Crippen LogP contribution in [0.15, 0.2) is 18.2 Å². The number of nitrogens with two attached hydrogens (primary N) is 1. The van der Waals surface area contributed by atoms with Gasteiger partial charge < -0.3 is 10.5 Å². The Hall–Kier alpha value is -1.63. The zero-order valence-electron chi connectivity index (χ0n) is 11.2. The molecule has 0 spiro atoms. The predicted molar refractivity (Wildman–Crippen MR) is 64.1 cm³/mol. The molecule has 0 bridgehead atoms. The maximum absolute atomic E-state index is 13.8. The summed E-state index contributed by atoms with van der Waals surface area (Å²) in [6.07, 6.45) is -4.76. The zero-order chi connectivity index (χ0) is 15.7. The molecule has 0 aliphatic carbocycles. The van der Waals surface area contributed by atoms with E-state index in [4.69, 9.17) is 5.73 Å². The summed E-state index contributed by atoms with van der Waals surface area (Å²) < 4.78 is 57.1. The summed E-state index contributed by atoms with van der Waals surface area (Å²) in [5.41, 5.74) is 2.27. The molecule has 1 atom stereocenters. The van der Waals surface area contributed by atoms with Gasteiger partial charge in [0.25, 0.3) is 0 Å². The Labute approximate surface area is 113 Å². The summed E-state index contributed by atoms with van der Waals surface area (Å²) in [7, 11) is 1.09. The number of carbonyl (C=O) groups is 1. The molecule has 0 aliphatic rings. The minimum atomic E-state index is -4.76. The summed E-state index contributed by atoms with van der Waals surface area (Å²) >= 11 is 0. The number of hydrogen-bond donors (Lipinski definition) is 1. The summed E-state index contributed by atoms with van der Waals surface area (Å²) in [6, 6.07) is 1.05. The Bertz CT molecular complexity index is 512. The molecule has 1 aromatic carbocycles. The van der Waals surface area contributed by atoms with E-state index in [9.17, 15) is 22.4 Å². The molecular weight excluding hydrogens is 278 g/mol. The van der Waals surface area contributed by atoms with Crippen LogP contribution in [0.5, 0.6) is 0 Å². The van der Waals surface area contributed by atoms with Crippen molar-refractivity contribution in [3.05, 3.63) is 35.1 Å². The Morgan fingerprint density at radius 3 is 2.30 bits per heavy atom. The molecule has 0 fully saturated rings. The lowest BCUT2D eigenvalue weighted by Gasteiger charge is -2.30. The van der Waals surface area contributed by atoms with Crippen molar-refractivity contribution >= 4 is 5.97 Å². The average Bonchev–Trinajstić information content (AvgIpc) is 2.35. The molecule has 0 radical (unpaired) electrons. The number of carbonyl (C=O) groups excluding carboxylic acids is 1. The first-order valence-electron chi connectivity index (χ1n) is 5.73. The van der Waals surface area contributed by atoms with Gasteiger partial charge in [-0.2, -0.15) is 13.2 Å². The fraction of sp³-hybridized carbons (Fsp3) is 0.462. The van der Waals surface area contributed by atoms with E-state index in [0.717, 1.165) is 25.3 Å². The van der Waals surface area contributed by atoms with Gasteiger partial charge in [0.2, 0.25) is 0 Å². The molecule has 20 heavy (non-hydrogen) atoms. The Morgan fingerprint density at radius 1 is 1.30 bits per heavy atom. The molecule has 0 unspecified atom stereocenters. The zero-order valence-corrected chi connectivity index (χ0v) is 11.2. The van der Waals surface area contributed by atoms with E-state index in [1.807, 2.05) is 0 Å². The number of ether oxygens (including phenoxy) is 1. The van der Waals surface area contributed by atoms with Gasteiger partial charge in [0.1, 0.15) is 5.82 Å². The van der Waals surface area contributed by atoms with Gasteiger partial charge in [0, 0.05) is 11.6 Å². The maximum atomic E-state index is 13.8. The summed E-state index contributed by atoms with van der Waals surface area (Å²) in [5.74, 6) is -1.93. The third-order valence-corrected chi connectivity index (χ3v) is 3.16. The van der Waals surface area contributed by atoms with E-state index in [1.165, 1.54) is 13.8 Å². The SMILES string of the molecule is COC(=O)C(C)(C)[C@@H](N)c1c(F)cccc1C(F)(F)F. The molecule has 1 rings (SSSR count). The fourth-order valence-corrected chi connectivity index (χ4v) is 1.85. The van der Waals surface area contributed by atoms with Gasteiger partial charge in [-0.05, 0) is 26.0 Å². The van der Waals surface area contributed by atoms with Crippen LogP contribution in [0, 0.1) is 11.2 Å². The standard InChI is InChI=1S/C13H15F4NO2/c1-12(2,11(19)20-3)10(18)9-7(13(15,16)17)5-4-6-8(9)14/h4-6,10H,18H2,1-3H3/t10-/m0/s1. The first-order chi connectivity index (χ1) is 9.03. The summed E-state index contributed by atoms with van der Waals surface area (Å²) in [5, 5.41) is 0. The van der Waals surface area contributed by atoms with Crippen LogP contribution in [0.25, 0.3) is 0 Å². The smallest absolute Gasteiger partial charge is 0.416 e. The van der Waals surface area contributed by atoms with E-state index in [-0.39, 0.29) is 0 Å². The monoisotopic (exact) mass is 293 g/mol. The predicted octanol–water partition coefficient (Wildman–Crippen LogP) is 3.04.